The van der Waals surface area contributed by atoms with Crippen LogP contribution < -0.4 is 5.32 Å². The Hall–Kier alpha value is -2.10. The van der Waals surface area contributed by atoms with Gasteiger partial charge in [0.1, 0.15) is 17.4 Å². The first-order chi connectivity index (χ1) is 9.38. The first-order valence-electron chi connectivity index (χ1n) is 6.37. The molecule has 0 aliphatic rings. The zero-order valence-electron chi connectivity index (χ0n) is 11.7. The lowest BCUT2D eigenvalue weighted by molar-refractivity contribution is 0.466. The number of halogens is 2. The molecule has 0 fully saturated rings. The lowest BCUT2D eigenvalue weighted by Gasteiger charge is -2.11. The fraction of sp³-hybridized carbons (Fsp3) is 0.250. The molecule has 20 heavy (non-hydrogen) atoms. The van der Waals surface area contributed by atoms with Crippen molar-refractivity contribution in [3.8, 4) is 5.75 Å². The van der Waals surface area contributed by atoms with Crippen molar-refractivity contribution in [2.45, 2.75) is 27.3 Å². The van der Waals surface area contributed by atoms with E-state index in [2.05, 4.69) is 5.32 Å². The first kappa shape index (κ1) is 14.3. The summed E-state index contributed by atoms with van der Waals surface area (Å²) < 4.78 is 27.1. The summed E-state index contributed by atoms with van der Waals surface area (Å²) in [5, 5.41) is 12.6. The molecule has 0 unspecified atom stereocenters. The van der Waals surface area contributed by atoms with Gasteiger partial charge in [-0.05, 0) is 49.1 Å². The van der Waals surface area contributed by atoms with Gasteiger partial charge in [-0.2, -0.15) is 0 Å². The summed E-state index contributed by atoms with van der Waals surface area (Å²) in [6.07, 6.45) is 0. The number of phenolic OH excluding ortho intramolecular Hbond substituents is 1. The van der Waals surface area contributed by atoms with Crippen LogP contribution in [-0.4, -0.2) is 5.11 Å². The molecule has 2 aromatic carbocycles. The Bertz CT molecular complexity index is 630. The number of rotatable bonds is 3. The van der Waals surface area contributed by atoms with Crippen molar-refractivity contribution in [1.82, 2.24) is 0 Å². The average Bonchev–Trinajstić information content (AvgIpc) is 2.38. The summed E-state index contributed by atoms with van der Waals surface area (Å²) in [7, 11) is 0. The van der Waals surface area contributed by atoms with E-state index in [0.29, 0.717) is 6.54 Å². The zero-order valence-corrected chi connectivity index (χ0v) is 11.7. The van der Waals surface area contributed by atoms with Crippen molar-refractivity contribution in [1.29, 1.82) is 0 Å². The van der Waals surface area contributed by atoms with Crippen LogP contribution in [0.5, 0.6) is 5.75 Å². The average molecular weight is 277 g/mol. The van der Waals surface area contributed by atoms with Crippen molar-refractivity contribution >= 4 is 5.69 Å². The van der Waals surface area contributed by atoms with Gasteiger partial charge in [0.05, 0.1) is 5.69 Å². The van der Waals surface area contributed by atoms with Crippen LogP contribution in [-0.2, 0) is 6.54 Å². The van der Waals surface area contributed by atoms with Crippen molar-refractivity contribution in [3.05, 3.63) is 58.2 Å². The van der Waals surface area contributed by atoms with Crippen LogP contribution in [0.2, 0.25) is 0 Å². The molecule has 0 bridgehead atoms. The van der Waals surface area contributed by atoms with E-state index in [-0.39, 0.29) is 17.0 Å². The molecule has 0 amide bonds. The Morgan fingerprint density at radius 3 is 2.10 bits per heavy atom. The number of benzene rings is 2. The quantitative estimate of drug-likeness (QED) is 0.881. The van der Waals surface area contributed by atoms with Crippen molar-refractivity contribution in [3.63, 3.8) is 0 Å². The van der Waals surface area contributed by atoms with E-state index in [1.54, 1.807) is 13.8 Å². The van der Waals surface area contributed by atoms with Crippen molar-refractivity contribution in [2.24, 2.45) is 0 Å². The van der Waals surface area contributed by atoms with Crippen LogP contribution >= 0.6 is 0 Å². The molecule has 2 N–H and O–H groups in total. The Balaban J connectivity index is 2.19. The molecule has 106 valence electrons. The molecule has 0 heterocycles. The molecule has 0 atom stereocenters. The molecule has 0 saturated carbocycles. The van der Waals surface area contributed by atoms with Crippen molar-refractivity contribution < 1.29 is 13.9 Å². The SMILES string of the molecule is Cc1cc(F)c(NCc2cc(C)c(O)c(C)c2)cc1F. The summed E-state index contributed by atoms with van der Waals surface area (Å²) in [6, 6.07) is 5.96. The molecule has 0 aliphatic heterocycles. The molecule has 2 aromatic rings. The third kappa shape index (κ3) is 2.90. The lowest BCUT2D eigenvalue weighted by atomic mass is 10.1. The van der Waals surface area contributed by atoms with Crippen LogP contribution in [0.15, 0.2) is 24.3 Å². The van der Waals surface area contributed by atoms with Gasteiger partial charge in [0.15, 0.2) is 0 Å². The molecule has 2 rings (SSSR count). The number of hydrogen-bond donors (Lipinski definition) is 2. The predicted molar refractivity (Wildman–Crippen MR) is 76.0 cm³/mol. The second-order valence-corrected chi connectivity index (χ2v) is 5.01. The van der Waals surface area contributed by atoms with Gasteiger partial charge in [-0.25, -0.2) is 8.78 Å². The van der Waals surface area contributed by atoms with Crippen LogP contribution in [0, 0.1) is 32.4 Å². The smallest absolute Gasteiger partial charge is 0.146 e. The van der Waals surface area contributed by atoms with Crippen LogP contribution in [0.3, 0.4) is 0 Å². The van der Waals surface area contributed by atoms with Gasteiger partial charge in [0.2, 0.25) is 0 Å². The monoisotopic (exact) mass is 277 g/mol. The fourth-order valence-electron chi connectivity index (χ4n) is 2.13. The normalized spacial score (nSPS) is 10.7. The van der Waals surface area contributed by atoms with Crippen LogP contribution in [0.1, 0.15) is 22.3 Å². The number of phenols is 1. The van der Waals surface area contributed by atoms with E-state index in [9.17, 15) is 13.9 Å². The Kier molecular flexibility index (Phi) is 3.93. The molecular formula is C16H17F2NO. The van der Waals surface area contributed by atoms with Gasteiger partial charge < -0.3 is 10.4 Å². The number of aryl methyl sites for hydroxylation is 3. The summed E-state index contributed by atoms with van der Waals surface area (Å²) in [4.78, 5) is 0. The molecule has 0 saturated heterocycles. The Labute approximate surface area is 117 Å². The van der Waals surface area contributed by atoms with E-state index < -0.39 is 11.6 Å². The third-order valence-corrected chi connectivity index (χ3v) is 3.28. The highest BCUT2D eigenvalue weighted by atomic mass is 19.1. The predicted octanol–water partition coefficient (Wildman–Crippen LogP) is 4.21. The van der Waals surface area contributed by atoms with Gasteiger partial charge in [-0.15, -0.1) is 0 Å². The standard InChI is InChI=1S/C16H17F2NO/c1-9-6-14(18)15(7-13(9)17)19-8-12-4-10(2)16(20)11(3)5-12/h4-7,19-20H,8H2,1-3H3. The van der Waals surface area contributed by atoms with Gasteiger partial charge in [-0.3, -0.25) is 0 Å². The van der Waals surface area contributed by atoms with Crippen LogP contribution in [0.25, 0.3) is 0 Å². The number of hydrogen-bond acceptors (Lipinski definition) is 2. The summed E-state index contributed by atoms with van der Waals surface area (Å²) in [5.74, 6) is -0.649. The van der Waals surface area contributed by atoms with Gasteiger partial charge in [0.25, 0.3) is 0 Å². The minimum absolute atomic E-state index is 0.136. The molecule has 0 spiro atoms. The molecule has 0 radical (unpaired) electrons. The first-order valence-corrected chi connectivity index (χ1v) is 6.37. The maximum Gasteiger partial charge on any atom is 0.146 e. The topological polar surface area (TPSA) is 32.3 Å². The highest BCUT2D eigenvalue weighted by Crippen LogP contribution is 2.24. The highest BCUT2D eigenvalue weighted by molar-refractivity contribution is 5.48. The van der Waals surface area contributed by atoms with Gasteiger partial charge in [-0.1, -0.05) is 12.1 Å². The maximum absolute atomic E-state index is 13.7. The van der Waals surface area contributed by atoms with Crippen LogP contribution in [0.4, 0.5) is 14.5 Å². The summed E-state index contributed by atoms with van der Waals surface area (Å²) in [6.45, 7) is 5.49. The second-order valence-electron chi connectivity index (χ2n) is 5.01. The van der Waals surface area contributed by atoms with E-state index in [0.717, 1.165) is 22.8 Å². The minimum atomic E-state index is -0.476. The largest absolute Gasteiger partial charge is 0.507 e. The third-order valence-electron chi connectivity index (χ3n) is 3.28. The molecule has 2 nitrogen and oxygen atoms in total. The zero-order chi connectivity index (χ0) is 14.9. The van der Waals surface area contributed by atoms with E-state index in [1.807, 2.05) is 12.1 Å². The summed E-state index contributed by atoms with van der Waals surface area (Å²) in [5.41, 5.74) is 2.84. The second kappa shape index (κ2) is 5.49. The number of aromatic hydroxyl groups is 1. The van der Waals surface area contributed by atoms with E-state index in [4.69, 9.17) is 0 Å². The van der Waals surface area contributed by atoms with E-state index in [1.165, 1.54) is 13.0 Å². The van der Waals surface area contributed by atoms with E-state index >= 15 is 0 Å². The molecule has 0 aromatic heterocycles. The molecule has 4 heteroatoms. The van der Waals surface area contributed by atoms with Gasteiger partial charge >= 0.3 is 0 Å². The lowest BCUT2D eigenvalue weighted by Crippen LogP contribution is -2.03. The molecule has 0 aliphatic carbocycles. The molecular weight excluding hydrogens is 260 g/mol. The van der Waals surface area contributed by atoms with Gasteiger partial charge in [0, 0.05) is 12.6 Å². The minimum Gasteiger partial charge on any atom is -0.507 e. The number of anilines is 1. The fourth-order valence-corrected chi connectivity index (χ4v) is 2.13. The Morgan fingerprint density at radius 1 is 0.900 bits per heavy atom. The maximum atomic E-state index is 13.7. The summed E-state index contributed by atoms with van der Waals surface area (Å²) >= 11 is 0. The Morgan fingerprint density at radius 2 is 1.50 bits per heavy atom. The number of nitrogens with one attached hydrogen (secondary N) is 1. The highest BCUT2D eigenvalue weighted by Gasteiger charge is 2.08. The van der Waals surface area contributed by atoms with Crippen molar-refractivity contribution in [2.75, 3.05) is 5.32 Å².